The molecule has 24 heavy (non-hydrogen) atoms. The van der Waals surface area contributed by atoms with E-state index in [9.17, 15) is 8.78 Å². The maximum Gasteiger partial charge on any atom is 0.183 e. The van der Waals surface area contributed by atoms with Crippen LogP contribution in [-0.2, 0) is 13.1 Å². The van der Waals surface area contributed by atoms with E-state index in [0.29, 0.717) is 17.2 Å². The number of nitrogens with zero attached hydrogens (tertiary/aromatic N) is 3. The summed E-state index contributed by atoms with van der Waals surface area (Å²) in [4.78, 5) is 5.33. The van der Waals surface area contributed by atoms with Crippen LogP contribution in [0.15, 0.2) is 30.5 Å². The van der Waals surface area contributed by atoms with Crippen molar-refractivity contribution in [2.75, 3.05) is 11.9 Å². The summed E-state index contributed by atoms with van der Waals surface area (Å²) in [5, 5.41) is 17.0. The van der Waals surface area contributed by atoms with Crippen LogP contribution in [0.5, 0.6) is 0 Å². The van der Waals surface area contributed by atoms with E-state index in [4.69, 9.17) is 5.11 Å². The van der Waals surface area contributed by atoms with Crippen LogP contribution in [0.4, 0.5) is 13.9 Å². The van der Waals surface area contributed by atoms with Gasteiger partial charge in [-0.2, -0.15) is 5.10 Å². The smallest absolute Gasteiger partial charge is 0.183 e. The lowest BCUT2D eigenvalue weighted by atomic mass is 10.2. The number of benzene rings is 1. The minimum Gasteiger partial charge on any atom is -0.394 e. The van der Waals surface area contributed by atoms with Crippen molar-refractivity contribution in [2.45, 2.75) is 20.0 Å². The van der Waals surface area contributed by atoms with E-state index < -0.39 is 11.6 Å². The number of hydrogen-bond donors (Lipinski definition) is 2. The van der Waals surface area contributed by atoms with E-state index in [0.717, 1.165) is 22.3 Å². The molecule has 1 aromatic carbocycles. The molecular formula is C16H16F2N4OS. The predicted octanol–water partition coefficient (Wildman–Crippen LogP) is 3.20. The molecule has 0 saturated carbocycles. The second-order valence-electron chi connectivity index (χ2n) is 5.21. The van der Waals surface area contributed by atoms with Crippen LogP contribution in [0, 0.1) is 18.6 Å². The molecule has 8 heteroatoms. The van der Waals surface area contributed by atoms with Gasteiger partial charge in [-0.05, 0) is 19.1 Å². The molecule has 0 bridgehead atoms. The van der Waals surface area contributed by atoms with E-state index in [1.165, 1.54) is 23.5 Å². The minimum atomic E-state index is -0.595. The Bertz CT molecular complexity index is 846. The van der Waals surface area contributed by atoms with Crippen LogP contribution in [0.2, 0.25) is 0 Å². The molecule has 0 aliphatic heterocycles. The van der Waals surface area contributed by atoms with Gasteiger partial charge in [0.25, 0.3) is 0 Å². The Morgan fingerprint density at radius 3 is 2.88 bits per heavy atom. The zero-order valence-corrected chi connectivity index (χ0v) is 13.8. The van der Waals surface area contributed by atoms with Gasteiger partial charge in [0.2, 0.25) is 0 Å². The number of anilines is 1. The van der Waals surface area contributed by atoms with E-state index in [1.807, 2.05) is 13.0 Å². The summed E-state index contributed by atoms with van der Waals surface area (Å²) in [5.41, 5.74) is 1.97. The number of aliphatic hydroxyl groups excluding tert-OH is 1. The monoisotopic (exact) mass is 350 g/mol. The first-order chi connectivity index (χ1) is 11.6. The molecule has 0 radical (unpaired) electrons. The lowest BCUT2D eigenvalue weighted by molar-refractivity contribution is 0.269. The molecule has 3 rings (SSSR count). The van der Waals surface area contributed by atoms with Crippen molar-refractivity contribution in [3.8, 4) is 10.6 Å². The van der Waals surface area contributed by atoms with Crippen LogP contribution < -0.4 is 5.32 Å². The van der Waals surface area contributed by atoms with Crippen molar-refractivity contribution in [3.05, 3.63) is 53.4 Å². The molecular weight excluding hydrogens is 334 g/mol. The molecule has 0 aliphatic rings. The average molecular weight is 350 g/mol. The third kappa shape index (κ3) is 3.60. The highest BCUT2D eigenvalue weighted by Gasteiger charge is 2.13. The number of halogens is 2. The Morgan fingerprint density at radius 2 is 2.12 bits per heavy atom. The van der Waals surface area contributed by atoms with Gasteiger partial charge in [-0.3, -0.25) is 4.68 Å². The van der Waals surface area contributed by atoms with Crippen LogP contribution >= 0.6 is 11.3 Å². The quantitative estimate of drug-likeness (QED) is 0.717. The number of rotatable bonds is 6. The Kier molecular flexibility index (Phi) is 4.86. The van der Waals surface area contributed by atoms with Gasteiger partial charge in [-0.1, -0.05) is 17.4 Å². The Balaban J connectivity index is 1.73. The zero-order chi connectivity index (χ0) is 17.1. The lowest BCUT2D eigenvalue weighted by Crippen LogP contribution is -2.02. The van der Waals surface area contributed by atoms with Gasteiger partial charge >= 0.3 is 0 Å². The fourth-order valence-corrected chi connectivity index (χ4v) is 3.18. The van der Waals surface area contributed by atoms with Crippen molar-refractivity contribution in [1.82, 2.24) is 14.8 Å². The van der Waals surface area contributed by atoms with Gasteiger partial charge in [0.1, 0.15) is 17.3 Å². The largest absolute Gasteiger partial charge is 0.394 e. The molecule has 0 amide bonds. The summed E-state index contributed by atoms with van der Waals surface area (Å²) in [5.74, 6) is -1.18. The summed E-state index contributed by atoms with van der Waals surface area (Å²) in [7, 11) is 0. The van der Waals surface area contributed by atoms with E-state index in [1.54, 1.807) is 10.9 Å². The minimum absolute atomic E-state index is 0.0266. The summed E-state index contributed by atoms with van der Waals surface area (Å²) in [6, 6.07) is 5.37. The number of aryl methyl sites for hydroxylation is 1. The van der Waals surface area contributed by atoms with Gasteiger partial charge < -0.3 is 10.4 Å². The number of aromatic nitrogens is 3. The predicted molar refractivity (Wildman–Crippen MR) is 88.8 cm³/mol. The molecule has 0 saturated heterocycles. The molecule has 2 N–H and O–H groups in total. The third-order valence-corrected chi connectivity index (χ3v) is 4.58. The molecule has 3 aromatic rings. The first kappa shape index (κ1) is 16.5. The number of hydrogen-bond acceptors (Lipinski definition) is 5. The molecule has 0 unspecified atom stereocenters. The van der Waals surface area contributed by atoms with Gasteiger partial charge in [-0.25, -0.2) is 13.8 Å². The van der Waals surface area contributed by atoms with Crippen molar-refractivity contribution >= 4 is 16.5 Å². The van der Waals surface area contributed by atoms with Crippen molar-refractivity contribution < 1.29 is 13.9 Å². The SMILES string of the molecule is Cc1nc(NCc2ccc(F)cc2F)sc1-c1ccn(CCO)n1. The van der Waals surface area contributed by atoms with Crippen LogP contribution in [0.1, 0.15) is 11.3 Å². The van der Waals surface area contributed by atoms with Crippen LogP contribution in [0.3, 0.4) is 0 Å². The molecule has 2 aromatic heterocycles. The highest BCUT2D eigenvalue weighted by atomic mass is 32.1. The van der Waals surface area contributed by atoms with E-state index in [-0.39, 0.29) is 13.2 Å². The van der Waals surface area contributed by atoms with Gasteiger partial charge in [-0.15, -0.1) is 0 Å². The molecule has 5 nitrogen and oxygen atoms in total. The molecule has 0 atom stereocenters. The van der Waals surface area contributed by atoms with E-state index in [2.05, 4.69) is 15.4 Å². The fourth-order valence-electron chi connectivity index (χ4n) is 2.26. The number of nitrogens with one attached hydrogen (secondary N) is 1. The maximum atomic E-state index is 13.6. The zero-order valence-electron chi connectivity index (χ0n) is 13.0. The maximum absolute atomic E-state index is 13.6. The van der Waals surface area contributed by atoms with Gasteiger partial charge in [0.05, 0.1) is 23.7 Å². The van der Waals surface area contributed by atoms with Crippen molar-refractivity contribution in [1.29, 1.82) is 0 Å². The average Bonchev–Trinajstić information content (AvgIpc) is 3.13. The molecule has 0 fully saturated rings. The molecule has 2 heterocycles. The Morgan fingerprint density at radius 1 is 1.29 bits per heavy atom. The first-order valence-corrected chi connectivity index (χ1v) is 8.18. The van der Waals surface area contributed by atoms with Crippen molar-refractivity contribution in [2.24, 2.45) is 0 Å². The Labute approximate surface area is 141 Å². The topological polar surface area (TPSA) is 63.0 Å². The molecule has 126 valence electrons. The molecule has 0 aliphatic carbocycles. The highest BCUT2D eigenvalue weighted by Crippen LogP contribution is 2.31. The summed E-state index contributed by atoms with van der Waals surface area (Å²) in [6.45, 7) is 2.56. The normalized spacial score (nSPS) is 11.0. The summed E-state index contributed by atoms with van der Waals surface area (Å²) in [6.07, 6.45) is 1.80. The second-order valence-corrected chi connectivity index (χ2v) is 6.21. The lowest BCUT2D eigenvalue weighted by Gasteiger charge is -2.04. The molecule has 0 spiro atoms. The van der Waals surface area contributed by atoms with Crippen LogP contribution in [-0.4, -0.2) is 26.5 Å². The second kappa shape index (κ2) is 7.06. The highest BCUT2D eigenvalue weighted by molar-refractivity contribution is 7.19. The van der Waals surface area contributed by atoms with Gasteiger partial charge in [0, 0.05) is 24.4 Å². The Hall–Kier alpha value is -2.32. The summed E-state index contributed by atoms with van der Waals surface area (Å²) < 4.78 is 28.2. The third-order valence-electron chi connectivity index (χ3n) is 3.44. The van der Waals surface area contributed by atoms with E-state index >= 15 is 0 Å². The van der Waals surface area contributed by atoms with Gasteiger partial charge in [0.15, 0.2) is 5.13 Å². The number of aliphatic hydroxyl groups is 1. The fraction of sp³-hybridized carbons (Fsp3) is 0.250. The first-order valence-electron chi connectivity index (χ1n) is 7.36. The summed E-state index contributed by atoms with van der Waals surface area (Å²) >= 11 is 1.42. The van der Waals surface area contributed by atoms with Crippen molar-refractivity contribution in [3.63, 3.8) is 0 Å². The standard InChI is InChI=1S/C16H16F2N4OS/c1-10-15(14-4-5-22(21-14)6-7-23)24-16(20-10)19-9-11-2-3-12(17)8-13(11)18/h2-5,8,23H,6-7,9H2,1H3,(H,19,20). The van der Waals surface area contributed by atoms with Crippen LogP contribution in [0.25, 0.3) is 10.6 Å². The number of thiazole rings is 1.